The second-order valence-corrected chi connectivity index (χ2v) is 8.69. The van der Waals surface area contributed by atoms with Crippen LogP contribution in [0, 0.1) is 0 Å². The molecule has 2 heterocycles. The molecule has 0 N–H and O–H groups in total. The van der Waals surface area contributed by atoms with Gasteiger partial charge in [0.05, 0.1) is 6.26 Å². The summed E-state index contributed by atoms with van der Waals surface area (Å²) in [5.41, 5.74) is 1.42. The van der Waals surface area contributed by atoms with Crippen LogP contribution in [-0.4, -0.2) is 33.3 Å². The Bertz CT molecular complexity index is 820. The summed E-state index contributed by atoms with van der Waals surface area (Å²) in [7, 11) is 0. The van der Waals surface area contributed by atoms with Gasteiger partial charge in [0.2, 0.25) is 0 Å². The summed E-state index contributed by atoms with van der Waals surface area (Å²) in [6, 6.07) is 7.80. The van der Waals surface area contributed by atoms with Gasteiger partial charge in [0, 0.05) is 28.3 Å². The maximum absolute atomic E-state index is 12.8. The van der Waals surface area contributed by atoms with Gasteiger partial charge in [0.25, 0.3) is 5.91 Å². The lowest BCUT2D eigenvalue weighted by atomic mass is 10.1. The van der Waals surface area contributed by atoms with E-state index >= 15 is 0 Å². The lowest BCUT2D eigenvalue weighted by Crippen LogP contribution is -2.37. The fourth-order valence-corrected chi connectivity index (χ4v) is 5.42. The first-order chi connectivity index (χ1) is 12.1. The highest BCUT2D eigenvalue weighted by Gasteiger charge is 2.45. The number of benzene rings is 1. The number of carbonyl (C=O) groups excluding carboxylic acids is 1. The maximum Gasteiger partial charge on any atom is 0.279 e. The molecule has 1 aliphatic heterocycles. The molecule has 5 heteroatoms. The maximum atomic E-state index is 12.8. The van der Waals surface area contributed by atoms with Gasteiger partial charge in [-0.2, -0.15) is 4.99 Å². The number of hydrogen-bond donors (Lipinski definition) is 0. The van der Waals surface area contributed by atoms with Crippen molar-refractivity contribution in [2.45, 2.75) is 56.7 Å². The Labute approximate surface area is 152 Å². The number of furan rings is 1. The molecular weight excluding hydrogens is 332 g/mol. The van der Waals surface area contributed by atoms with E-state index in [0.717, 1.165) is 29.1 Å². The van der Waals surface area contributed by atoms with E-state index in [4.69, 9.17) is 4.42 Å². The van der Waals surface area contributed by atoms with E-state index in [9.17, 15) is 4.79 Å². The number of thioether (sulfide) groups is 1. The van der Waals surface area contributed by atoms with Crippen molar-refractivity contribution in [1.29, 1.82) is 0 Å². The second-order valence-electron chi connectivity index (χ2n) is 7.25. The Morgan fingerprint density at radius 3 is 2.92 bits per heavy atom. The SMILES string of the molecule is CCC(C)N1CC2(CCCC2)SC1=NC(=O)c1ccc2occc2c1. The Hall–Kier alpha value is -1.75. The van der Waals surface area contributed by atoms with Crippen molar-refractivity contribution in [2.75, 3.05) is 6.54 Å². The van der Waals surface area contributed by atoms with E-state index in [1.165, 1.54) is 25.7 Å². The van der Waals surface area contributed by atoms with Gasteiger partial charge in [0.1, 0.15) is 5.58 Å². The van der Waals surface area contributed by atoms with Gasteiger partial charge in [-0.1, -0.05) is 31.5 Å². The molecule has 1 aromatic carbocycles. The largest absolute Gasteiger partial charge is 0.464 e. The van der Waals surface area contributed by atoms with Crippen LogP contribution in [0.3, 0.4) is 0 Å². The van der Waals surface area contributed by atoms with Crippen LogP contribution in [0.4, 0.5) is 0 Å². The molecule has 4 nitrogen and oxygen atoms in total. The molecule has 1 aliphatic carbocycles. The van der Waals surface area contributed by atoms with Crippen molar-refractivity contribution in [3.8, 4) is 0 Å². The molecule has 1 atom stereocenters. The molecule has 1 unspecified atom stereocenters. The predicted octanol–water partition coefficient (Wildman–Crippen LogP) is 5.09. The van der Waals surface area contributed by atoms with Crippen LogP contribution >= 0.6 is 11.8 Å². The van der Waals surface area contributed by atoms with Crippen molar-refractivity contribution in [2.24, 2.45) is 4.99 Å². The summed E-state index contributed by atoms with van der Waals surface area (Å²) in [6.45, 7) is 5.45. The Morgan fingerprint density at radius 2 is 2.16 bits per heavy atom. The molecule has 0 radical (unpaired) electrons. The van der Waals surface area contributed by atoms with Gasteiger partial charge in [-0.25, -0.2) is 0 Å². The third-order valence-electron chi connectivity index (χ3n) is 5.55. The lowest BCUT2D eigenvalue weighted by Gasteiger charge is -2.27. The zero-order valence-electron chi connectivity index (χ0n) is 14.8. The molecule has 25 heavy (non-hydrogen) atoms. The Morgan fingerprint density at radius 1 is 1.36 bits per heavy atom. The number of amides is 1. The normalized spacial score (nSPS) is 22.3. The summed E-state index contributed by atoms with van der Waals surface area (Å²) < 4.78 is 5.63. The van der Waals surface area contributed by atoms with Gasteiger partial charge < -0.3 is 9.32 Å². The summed E-state index contributed by atoms with van der Waals surface area (Å²) in [4.78, 5) is 19.7. The van der Waals surface area contributed by atoms with Crippen LogP contribution in [0.1, 0.15) is 56.3 Å². The van der Waals surface area contributed by atoms with E-state index in [1.54, 1.807) is 12.3 Å². The molecule has 2 aromatic rings. The zero-order valence-corrected chi connectivity index (χ0v) is 15.6. The van der Waals surface area contributed by atoms with E-state index in [2.05, 4.69) is 23.7 Å². The molecule has 2 fully saturated rings. The first-order valence-corrected chi connectivity index (χ1v) is 9.98. The lowest BCUT2D eigenvalue weighted by molar-refractivity contribution is 0.100. The highest BCUT2D eigenvalue weighted by Crippen LogP contribution is 2.48. The highest BCUT2D eigenvalue weighted by molar-refractivity contribution is 8.15. The Balaban J connectivity index is 1.63. The van der Waals surface area contributed by atoms with Crippen molar-refractivity contribution in [3.05, 3.63) is 36.1 Å². The molecule has 4 rings (SSSR count). The molecule has 1 spiro atoms. The van der Waals surface area contributed by atoms with Crippen molar-refractivity contribution < 1.29 is 9.21 Å². The van der Waals surface area contributed by atoms with Crippen LogP contribution in [0.15, 0.2) is 39.9 Å². The van der Waals surface area contributed by atoms with E-state index in [-0.39, 0.29) is 10.7 Å². The molecule has 1 aromatic heterocycles. The van der Waals surface area contributed by atoms with Crippen molar-refractivity contribution >= 4 is 33.8 Å². The number of amidine groups is 1. The predicted molar refractivity (Wildman–Crippen MR) is 103 cm³/mol. The molecule has 1 amide bonds. The average molecular weight is 356 g/mol. The van der Waals surface area contributed by atoms with Gasteiger partial charge in [-0.05, 0) is 50.5 Å². The first kappa shape index (κ1) is 16.7. The second kappa shape index (κ2) is 6.52. The molecule has 132 valence electrons. The molecule has 0 bridgehead atoms. The van der Waals surface area contributed by atoms with Gasteiger partial charge in [-0.3, -0.25) is 4.79 Å². The fourth-order valence-electron chi connectivity index (χ4n) is 3.85. The average Bonchev–Trinajstić information content (AvgIpc) is 3.34. The number of hydrogen-bond acceptors (Lipinski definition) is 3. The molecule has 1 saturated carbocycles. The first-order valence-electron chi connectivity index (χ1n) is 9.16. The van der Waals surface area contributed by atoms with E-state index in [0.29, 0.717) is 11.6 Å². The van der Waals surface area contributed by atoms with Crippen LogP contribution < -0.4 is 0 Å². The van der Waals surface area contributed by atoms with E-state index in [1.807, 2.05) is 30.0 Å². The Kier molecular flexibility index (Phi) is 4.36. The number of nitrogens with zero attached hydrogens (tertiary/aromatic N) is 2. The number of rotatable bonds is 3. The third-order valence-corrected chi connectivity index (χ3v) is 7.02. The molecule has 2 aliphatic rings. The quantitative estimate of drug-likeness (QED) is 0.768. The fraction of sp³-hybridized carbons (Fsp3) is 0.500. The zero-order chi connectivity index (χ0) is 17.4. The van der Waals surface area contributed by atoms with Gasteiger partial charge >= 0.3 is 0 Å². The number of aliphatic imine (C=N–C) groups is 1. The highest BCUT2D eigenvalue weighted by atomic mass is 32.2. The smallest absolute Gasteiger partial charge is 0.279 e. The number of fused-ring (bicyclic) bond motifs is 1. The van der Waals surface area contributed by atoms with E-state index < -0.39 is 0 Å². The minimum atomic E-state index is -0.158. The minimum absolute atomic E-state index is 0.158. The number of carbonyl (C=O) groups is 1. The third kappa shape index (κ3) is 3.10. The summed E-state index contributed by atoms with van der Waals surface area (Å²) in [5.74, 6) is -0.158. The topological polar surface area (TPSA) is 45.8 Å². The van der Waals surface area contributed by atoms with Crippen LogP contribution in [0.25, 0.3) is 11.0 Å². The molecule has 1 saturated heterocycles. The summed E-state index contributed by atoms with van der Waals surface area (Å²) in [6.07, 6.45) is 7.76. The summed E-state index contributed by atoms with van der Waals surface area (Å²) in [5, 5.41) is 1.85. The van der Waals surface area contributed by atoms with Crippen molar-refractivity contribution in [1.82, 2.24) is 4.90 Å². The molecular formula is C20H24N2O2S. The standard InChI is InChI=1S/C20H24N2O2S/c1-3-14(2)22-13-20(9-4-5-10-20)25-19(22)21-18(23)16-6-7-17-15(12-16)8-11-24-17/h6-8,11-12,14H,3-5,9-10,13H2,1-2H3. The minimum Gasteiger partial charge on any atom is -0.464 e. The monoisotopic (exact) mass is 356 g/mol. The summed E-state index contributed by atoms with van der Waals surface area (Å²) >= 11 is 1.84. The van der Waals surface area contributed by atoms with Gasteiger partial charge in [0.15, 0.2) is 5.17 Å². The van der Waals surface area contributed by atoms with Crippen LogP contribution in [0.5, 0.6) is 0 Å². The van der Waals surface area contributed by atoms with Crippen molar-refractivity contribution in [3.63, 3.8) is 0 Å². The van der Waals surface area contributed by atoms with Crippen LogP contribution in [-0.2, 0) is 0 Å². The van der Waals surface area contributed by atoms with Gasteiger partial charge in [-0.15, -0.1) is 0 Å². The van der Waals surface area contributed by atoms with Crippen LogP contribution in [0.2, 0.25) is 0 Å².